The van der Waals surface area contributed by atoms with Crippen LogP contribution in [0.3, 0.4) is 0 Å². The van der Waals surface area contributed by atoms with Crippen molar-refractivity contribution >= 4 is 45.6 Å². The first-order chi connectivity index (χ1) is 8.24. The molecule has 0 aliphatic rings. The third-order valence-corrected chi connectivity index (χ3v) is 3.80. The summed E-state index contributed by atoms with van der Waals surface area (Å²) in [6, 6.07) is 0. The second-order valence-electron chi connectivity index (χ2n) is 3.19. The minimum absolute atomic E-state index is 0. The number of methoxy groups -OCH3 is 1. The molecule has 2 aromatic heterocycles. The number of rotatable bonds is 4. The number of thiazole rings is 2. The number of hydrogen-bond donors (Lipinski definition) is 1. The van der Waals surface area contributed by atoms with Crippen LogP contribution in [0.25, 0.3) is 10.7 Å². The third kappa shape index (κ3) is 3.35. The Morgan fingerprint density at radius 3 is 2.83 bits per heavy atom. The molecule has 5 nitrogen and oxygen atoms in total. The predicted molar refractivity (Wildman–Crippen MR) is 77.6 cm³/mol. The molecule has 2 rings (SSSR count). The molecule has 0 saturated carbocycles. The van der Waals surface area contributed by atoms with Gasteiger partial charge in [0.2, 0.25) is 0 Å². The van der Waals surface area contributed by atoms with E-state index in [9.17, 15) is 4.79 Å². The molecule has 0 saturated heterocycles. The Morgan fingerprint density at radius 1 is 1.39 bits per heavy atom. The highest BCUT2D eigenvalue weighted by Crippen LogP contribution is 2.25. The van der Waals surface area contributed by atoms with E-state index in [1.165, 1.54) is 18.4 Å². The van der Waals surface area contributed by atoms with Gasteiger partial charge in [-0.1, -0.05) is 0 Å². The highest BCUT2D eigenvalue weighted by Gasteiger charge is 2.13. The zero-order valence-corrected chi connectivity index (χ0v) is 12.9. The van der Waals surface area contributed by atoms with E-state index in [2.05, 4.69) is 14.7 Å². The molecular formula is C10H12BrN3O2S2. The largest absolute Gasteiger partial charge is 0.464 e. The van der Waals surface area contributed by atoms with Crippen molar-refractivity contribution in [1.29, 1.82) is 0 Å². The number of ether oxygens (including phenoxy) is 1. The lowest BCUT2D eigenvalue weighted by atomic mass is 10.4. The molecule has 2 N–H and O–H groups in total. The van der Waals surface area contributed by atoms with Crippen molar-refractivity contribution in [3.8, 4) is 10.7 Å². The second-order valence-corrected chi connectivity index (χ2v) is 5.00. The van der Waals surface area contributed by atoms with E-state index >= 15 is 0 Å². The summed E-state index contributed by atoms with van der Waals surface area (Å²) in [4.78, 5) is 19.8. The fourth-order valence-corrected chi connectivity index (χ4v) is 2.86. The first-order valence-corrected chi connectivity index (χ1v) is 6.69. The Bertz CT molecular complexity index is 527. The molecule has 0 atom stereocenters. The summed E-state index contributed by atoms with van der Waals surface area (Å²) in [6.07, 6.45) is 0.764. The van der Waals surface area contributed by atoms with Gasteiger partial charge in [-0.25, -0.2) is 14.8 Å². The quantitative estimate of drug-likeness (QED) is 0.855. The van der Waals surface area contributed by atoms with Crippen molar-refractivity contribution in [2.75, 3.05) is 13.7 Å². The van der Waals surface area contributed by atoms with E-state index in [4.69, 9.17) is 5.73 Å². The van der Waals surface area contributed by atoms with E-state index in [1.807, 2.05) is 5.38 Å². The summed E-state index contributed by atoms with van der Waals surface area (Å²) in [6.45, 7) is 0.582. The van der Waals surface area contributed by atoms with E-state index < -0.39 is 5.97 Å². The topological polar surface area (TPSA) is 78.1 Å². The molecular weight excluding hydrogens is 338 g/mol. The molecule has 0 aromatic carbocycles. The lowest BCUT2D eigenvalue weighted by molar-refractivity contribution is 0.0595. The van der Waals surface area contributed by atoms with Crippen LogP contribution in [-0.4, -0.2) is 29.6 Å². The molecule has 0 spiro atoms. The van der Waals surface area contributed by atoms with Crippen LogP contribution in [0.2, 0.25) is 0 Å². The monoisotopic (exact) mass is 349 g/mol. The number of halogens is 1. The lowest BCUT2D eigenvalue weighted by Crippen LogP contribution is -2.02. The Morgan fingerprint density at radius 2 is 2.17 bits per heavy atom. The second kappa shape index (κ2) is 6.93. The molecule has 0 amide bonds. The smallest absolute Gasteiger partial charge is 0.357 e. The summed E-state index contributed by atoms with van der Waals surface area (Å²) >= 11 is 2.93. The number of nitrogens with two attached hydrogens (primary N) is 1. The molecule has 8 heteroatoms. The van der Waals surface area contributed by atoms with Gasteiger partial charge in [0, 0.05) is 17.2 Å². The average Bonchev–Trinajstić information content (AvgIpc) is 2.96. The van der Waals surface area contributed by atoms with Gasteiger partial charge in [-0.05, 0) is 6.54 Å². The van der Waals surface area contributed by atoms with Crippen LogP contribution < -0.4 is 5.73 Å². The Kier molecular flexibility index (Phi) is 5.86. The van der Waals surface area contributed by atoms with Crippen LogP contribution in [0, 0.1) is 0 Å². The summed E-state index contributed by atoms with van der Waals surface area (Å²) in [5.41, 5.74) is 6.57. The van der Waals surface area contributed by atoms with Crippen molar-refractivity contribution in [1.82, 2.24) is 9.97 Å². The van der Waals surface area contributed by atoms with Gasteiger partial charge in [0.25, 0.3) is 0 Å². The first-order valence-electron chi connectivity index (χ1n) is 4.93. The van der Waals surface area contributed by atoms with E-state index in [0.717, 1.165) is 22.1 Å². The molecule has 0 radical (unpaired) electrons. The molecule has 0 fully saturated rings. The van der Waals surface area contributed by atoms with Gasteiger partial charge in [-0.3, -0.25) is 0 Å². The number of carbonyl (C=O) groups excluding carboxylic acids is 1. The third-order valence-electron chi connectivity index (χ3n) is 2.03. The van der Waals surface area contributed by atoms with Crippen LogP contribution in [0.5, 0.6) is 0 Å². The summed E-state index contributed by atoms with van der Waals surface area (Å²) in [7, 11) is 1.34. The molecule has 0 unspecified atom stereocenters. The lowest BCUT2D eigenvalue weighted by Gasteiger charge is -1.91. The number of esters is 1. The summed E-state index contributed by atoms with van der Waals surface area (Å²) in [5.74, 6) is -0.426. The number of aromatic nitrogens is 2. The van der Waals surface area contributed by atoms with Gasteiger partial charge in [-0.15, -0.1) is 39.7 Å². The van der Waals surface area contributed by atoms with Gasteiger partial charge in [0.15, 0.2) is 5.69 Å². The van der Waals surface area contributed by atoms with Crippen molar-refractivity contribution in [2.24, 2.45) is 5.73 Å². The van der Waals surface area contributed by atoms with Crippen LogP contribution >= 0.6 is 39.7 Å². The molecule has 2 aromatic rings. The van der Waals surface area contributed by atoms with Gasteiger partial charge in [0.05, 0.1) is 12.1 Å². The fourth-order valence-electron chi connectivity index (χ4n) is 1.24. The van der Waals surface area contributed by atoms with Crippen LogP contribution in [0.1, 0.15) is 15.5 Å². The number of hydrogen-bond acceptors (Lipinski definition) is 7. The highest BCUT2D eigenvalue weighted by atomic mass is 79.9. The van der Waals surface area contributed by atoms with Gasteiger partial charge < -0.3 is 10.5 Å². The standard InChI is InChI=1S/C10H11N3O2S2.BrH/c1-15-10(14)7-5-17-9(13-7)6-4-16-8(12-6)2-3-11;/h4-5H,2-3,11H2,1H3;1H. The highest BCUT2D eigenvalue weighted by molar-refractivity contribution is 8.93. The SMILES string of the molecule is Br.COC(=O)c1csc(-c2csc(CCN)n2)n1. The van der Waals surface area contributed by atoms with Crippen LogP contribution in [-0.2, 0) is 11.2 Å². The van der Waals surface area contributed by atoms with Gasteiger partial charge in [-0.2, -0.15) is 0 Å². The average molecular weight is 350 g/mol. The molecule has 0 bridgehead atoms. The predicted octanol–water partition coefficient (Wildman–Crippen LogP) is 2.13. The maximum absolute atomic E-state index is 11.3. The summed E-state index contributed by atoms with van der Waals surface area (Å²) < 4.78 is 4.60. The Hall–Kier alpha value is -0.830. The minimum atomic E-state index is -0.426. The first kappa shape index (κ1) is 15.2. The Balaban J connectivity index is 0.00000162. The molecule has 98 valence electrons. The fraction of sp³-hybridized carbons (Fsp3) is 0.300. The van der Waals surface area contributed by atoms with E-state index in [-0.39, 0.29) is 17.0 Å². The molecule has 0 aliphatic heterocycles. The summed E-state index contributed by atoms with van der Waals surface area (Å²) in [5, 5.41) is 5.30. The van der Waals surface area contributed by atoms with Crippen molar-refractivity contribution < 1.29 is 9.53 Å². The van der Waals surface area contributed by atoms with Crippen LogP contribution in [0.4, 0.5) is 0 Å². The zero-order chi connectivity index (χ0) is 12.3. The molecule has 0 aliphatic carbocycles. The minimum Gasteiger partial charge on any atom is -0.464 e. The van der Waals surface area contributed by atoms with Gasteiger partial charge >= 0.3 is 5.97 Å². The van der Waals surface area contributed by atoms with Crippen LogP contribution in [0.15, 0.2) is 10.8 Å². The number of carbonyl (C=O) groups is 1. The molecule has 18 heavy (non-hydrogen) atoms. The van der Waals surface area contributed by atoms with E-state index in [0.29, 0.717) is 12.2 Å². The van der Waals surface area contributed by atoms with Gasteiger partial charge in [0.1, 0.15) is 10.7 Å². The maximum Gasteiger partial charge on any atom is 0.357 e. The maximum atomic E-state index is 11.3. The Labute approximate surface area is 123 Å². The normalized spacial score (nSPS) is 9.89. The molecule has 2 heterocycles. The zero-order valence-electron chi connectivity index (χ0n) is 9.58. The van der Waals surface area contributed by atoms with E-state index in [1.54, 1.807) is 16.7 Å². The van der Waals surface area contributed by atoms with Crippen molar-refractivity contribution in [3.63, 3.8) is 0 Å². The van der Waals surface area contributed by atoms with Crippen molar-refractivity contribution in [3.05, 3.63) is 21.5 Å². The van der Waals surface area contributed by atoms with Crippen molar-refractivity contribution in [2.45, 2.75) is 6.42 Å². The number of nitrogens with zero attached hydrogens (tertiary/aromatic N) is 2.